The maximum atomic E-state index is 4.29. The van der Waals surface area contributed by atoms with Gasteiger partial charge in [0, 0.05) is 37.1 Å². The standard InChI is InChI=1S/C16H15N3/c1-2-7-19-16(3-1)12-18-10-13-4-5-15-11-17-8-6-14(15)9-13/h1-9,11,18H,10,12H2. The van der Waals surface area contributed by atoms with Gasteiger partial charge in [0.1, 0.15) is 0 Å². The van der Waals surface area contributed by atoms with E-state index in [0.29, 0.717) is 0 Å². The lowest BCUT2D eigenvalue weighted by molar-refractivity contribution is 0.680. The fraction of sp³-hybridized carbons (Fsp3) is 0.125. The van der Waals surface area contributed by atoms with Gasteiger partial charge < -0.3 is 5.32 Å². The Morgan fingerprint density at radius 1 is 0.895 bits per heavy atom. The zero-order valence-electron chi connectivity index (χ0n) is 10.6. The van der Waals surface area contributed by atoms with E-state index in [1.54, 1.807) is 0 Å². The third-order valence-corrected chi connectivity index (χ3v) is 3.07. The largest absolute Gasteiger partial charge is 0.307 e. The van der Waals surface area contributed by atoms with Crippen molar-refractivity contribution in [2.24, 2.45) is 0 Å². The fourth-order valence-corrected chi connectivity index (χ4v) is 2.08. The third kappa shape index (κ3) is 2.95. The predicted octanol–water partition coefficient (Wildman–Crippen LogP) is 2.92. The summed E-state index contributed by atoms with van der Waals surface area (Å²) in [6.07, 6.45) is 5.54. The highest BCUT2D eigenvalue weighted by Gasteiger charge is 1.97. The molecule has 0 spiro atoms. The van der Waals surface area contributed by atoms with Gasteiger partial charge in [0.05, 0.1) is 5.69 Å². The first-order chi connectivity index (χ1) is 9.42. The van der Waals surface area contributed by atoms with Crippen molar-refractivity contribution >= 4 is 10.8 Å². The lowest BCUT2D eigenvalue weighted by Gasteiger charge is -2.05. The van der Waals surface area contributed by atoms with Gasteiger partial charge in [0.25, 0.3) is 0 Å². The van der Waals surface area contributed by atoms with Crippen molar-refractivity contribution < 1.29 is 0 Å². The van der Waals surface area contributed by atoms with E-state index in [-0.39, 0.29) is 0 Å². The number of hydrogen-bond acceptors (Lipinski definition) is 3. The highest BCUT2D eigenvalue weighted by molar-refractivity contribution is 5.81. The van der Waals surface area contributed by atoms with Crippen LogP contribution in [0.2, 0.25) is 0 Å². The second-order valence-electron chi connectivity index (χ2n) is 4.48. The molecule has 0 atom stereocenters. The van der Waals surface area contributed by atoms with Crippen molar-refractivity contribution in [1.82, 2.24) is 15.3 Å². The molecule has 0 aliphatic rings. The van der Waals surface area contributed by atoms with Crippen molar-refractivity contribution in [2.75, 3.05) is 0 Å². The van der Waals surface area contributed by atoms with Gasteiger partial charge >= 0.3 is 0 Å². The van der Waals surface area contributed by atoms with Crippen molar-refractivity contribution in [3.05, 3.63) is 72.3 Å². The maximum Gasteiger partial charge on any atom is 0.0541 e. The molecular weight excluding hydrogens is 234 g/mol. The molecule has 3 aromatic rings. The van der Waals surface area contributed by atoms with Crippen molar-refractivity contribution in [3.8, 4) is 0 Å². The van der Waals surface area contributed by atoms with Crippen LogP contribution in [0.3, 0.4) is 0 Å². The average Bonchev–Trinajstić information content (AvgIpc) is 2.48. The van der Waals surface area contributed by atoms with Crippen LogP contribution in [-0.4, -0.2) is 9.97 Å². The summed E-state index contributed by atoms with van der Waals surface area (Å²) in [7, 11) is 0. The maximum absolute atomic E-state index is 4.29. The van der Waals surface area contributed by atoms with Gasteiger partial charge in [-0.25, -0.2) is 0 Å². The van der Waals surface area contributed by atoms with Crippen LogP contribution in [0, 0.1) is 0 Å². The summed E-state index contributed by atoms with van der Waals surface area (Å²) in [5.74, 6) is 0. The van der Waals surface area contributed by atoms with Gasteiger partial charge in [0.15, 0.2) is 0 Å². The summed E-state index contributed by atoms with van der Waals surface area (Å²) in [5, 5.41) is 5.81. The van der Waals surface area contributed by atoms with Crippen LogP contribution in [0.25, 0.3) is 10.8 Å². The van der Waals surface area contributed by atoms with E-state index in [1.165, 1.54) is 16.3 Å². The van der Waals surface area contributed by atoms with Crippen LogP contribution in [0.1, 0.15) is 11.3 Å². The van der Waals surface area contributed by atoms with Gasteiger partial charge in [-0.15, -0.1) is 0 Å². The molecule has 2 aromatic heterocycles. The zero-order chi connectivity index (χ0) is 12.9. The predicted molar refractivity (Wildman–Crippen MR) is 76.5 cm³/mol. The summed E-state index contributed by atoms with van der Waals surface area (Å²) in [5.41, 5.74) is 2.34. The van der Waals surface area contributed by atoms with Crippen LogP contribution in [0.5, 0.6) is 0 Å². The Bertz CT molecular complexity index is 665. The molecule has 0 radical (unpaired) electrons. The first-order valence-corrected chi connectivity index (χ1v) is 6.35. The number of pyridine rings is 2. The smallest absolute Gasteiger partial charge is 0.0541 e. The topological polar surface area (TPSA) is 37.8 Å². The molecule has 0 unspecified atom stereocenters. The normalized spacial score (nSPS) is 10.7. The molecule has 0 saturated heterocycles. The Labute approximate surface area is 112 Å². The lowest BCUT2D eigenvalue weighted by Crippen LogP contribution is -2.13. The number of fused-ring (bicyclic) bond motifs is 1. The van der Waals surface area contributed by atoms with Crippen LogP contribution in [-0.2, 0) is 13.1 Å². The number of aromatic nitrogens is 2. The Kier molecular flexibility index (Phi) is 3.47. The number of benzene rings is 1. The summed E-state index contributed by atoms with van der Waals surface area (Å²) >= 11 is 0. The molecule has 94 valence electrons. The van der Waals surface area contributed by atoms with E-state index in [2.05, 4.69) is 33.5 Å². The molecule has 3 heteroatoms. The van der Waals surface area contributed by atoms with Gasteiger partial charge in [-0.05, 0) is 35.2 Å². The van der Waals surface area contributed by atoms with Crippen LogP contribution < -0.4 is 5.32 Å². The molecule has 19 heavy (non-hydrogen) atoms. The summed E-state index contributed by atoms with van der Waals surface area (Å²) in [4.78, 5) is 8.41. The third-order valence-electron chi connectivity index (χ3n) is 3.07. The minimum absolute atomic E-state index is 0.787. The van der Waals surface area contributed by atoms with E-state index in [0.717, 1.165) is 18.8 Å². The number of hydrogen-bond donors (Lipinski definition) is 1. The van der Waals surface area contributed by atoms with Gasteiger partial charge in [-0.2, -0.15) is 0 Å². The highest BCUT2D eigenvalue weighted by Crippen LogP contribution is 2.14. The first-order valence-electron chi connectivity index (χ1n) is 6.35. The Hall–Kier alpha value is -2.26. The SMILES string of the molecule is c1ccc(CNCc2ccc3cnccc3c2)nc1. The minimum atomic E-state index is 0.787. The second-order valence-corrected chi connectivity index (χ2v) is 4.48. The van der Waals surface area contributed by atoms with Gasteiger partial charge in [-0.1, -0.05) is 18.2 Å². The fourth-order valence-electron chi connectivity index (χ4n) is 2.08. The van der Waals surface area contributed by atoms with Crippen molar-refractivity contribution in [2.45, 2.75) is 13.1 Å². The van der Waals surface area contributed by atoms with Gasteiger partial charge in [0.2, 0.25) is 0 Å². The molecule has 1 N–H and O–H groups in total. The zero-order valence-corrected chi connectivity index (χ0v) is 10.6. The second kappa shape index (κ2) is 5.59. The Balaban J connectivity index is 1.65. The monoisotopic (exact) mass is 249 g/mol. The van der Waals surface area contributed by atoms with E-state index < -0.39 is 0 Å². The van der Waals surface area contributed by atoms with Gasteiger partial charge in [-0.3, -0.25) is 9.97 Å². The molecule has 0 fully saturated rings. The molecule has 0 bridgehead atoms. The molecule has 0 aliphatic heterocycles. The Morgan fingerprint density at radius 2 is 1.89 bits per heavy atom. The first kappa shape index (κ1) is 11.8. The number of nitrogens with zero attached hydrogens (tertiary/aromatic N) is 2. The van der Waals surface area contributed by atoms with Crippen LogP contribution in [0.15, 0.2) is 61.1 Å². The molecule has 1 aromatic carbocycles. The van der Waals surface area contributed by atoms with E-state index in [1.807, 2.05) is 42.9 Å². The lowest BCUT2D eigenvalue weighted by atomic mass is 10.1. The number of nitrogens with one attached hydrogen (secondary N) is 1. The van der Waals surface area contributed by atoms with Crippen LogP contribution in [0.4, 0.5) is 0 Å². The minimum Gasteiger partial charge on any atom is -0.307 e. The summed E-state index contributed by atoms with van der Waals surface area (Å²) in [6, 6.07) is 14.4. The quantitative estimate of drug-likeness (QED) is 0.772. The van der Waals surface area contributed by atoms with Crippen LogP contribution >= 0.6 is 0 Å². The molecular formula is C16H15N3. The van der Waals surface area contributed by atoms with E-state index in [9.17, 15) is 0 Å². The molecule has 3 nitrogen and oxygen atoms in total. The molecule has 0 amide bonds. The number of rotatable bonds is 4. The molecule has 3 rings (SSSR count). The molecule has 2 heterocycles. The molecule has 0 saturated carbocycles. The van der Waals surface area contributed by atoms with Crippen molar-refractivity contribution in [1.29, 1.82) is 0 Å². The summed E-state index contributed by atoms with van der Waals surface area (Å²) < 4.78 is 0. The van der Waals surface area contributed by atoms with Crippen molar-refractivity contribution in [3.63, 3.8) is 0 Å². The highest BCUT2D eigenvalue weighted by atomic mass is 14.9. The van der Waals surface area contributed by atoms with E-state index in [4.69, 9.17) is 0 Å². The Morgan fingerprint density at radius 3 is 2.79 bits per heavy atom. The summed E-state index contributed by atoms with van der Waals surface area (Å²) in [6.45, 7) is 1.63. The van der Waals surface area contributed by atoms with E-state index >= 15 is 0 Å². The molecule has 0 aliphatic carbocycles. The average molecular weight is 249 g/mol.